The Morgan fingerprint density at radius 3 is 2.59 bits per heavy atom. The highest BCUT2D eigenvalue weighted by Crippen LogP contribution is 2.68. The van der Waals surface area contributed by atoms with Gasteiger partial charge < -0.3 is 20.1 Å². The van der Waals surface area contributed by atoms with E-state index >= 15 is 0 Å². The van der Waals surface area contributed by atoms with Gasteiger partial charge in [0, 0.05) is 6.42 Å². The number of fused-ring (bicyclic) bond motifs is 5. The summed E-state index contributed by atoms with van der Waals surface area (Å²) < 4.78 is 5.81. The van der Waals surface area contributed by atoms with Crippen LogP contribution in [0.15, 0.2) is 23.3 Å². The Labute approximate surface area is 202 Å². The molecule has 0 saturated heterocycles. The Balaban J connectivity index is 1.42. The second kappa shape index (κ2) is 8.01. The average molecular weight is 473 g/mol. The average Bonchev–Trinajstić information content (AvgIpc) is 3.13. The first-order chi connectivity index (χ1) is 16.0. The lowest BCUT2D eigenvalue weighted by Gasteiger charge is -2.63. The summed E-state index contributed by atoms with van der Waals surface area (Å²) in [7, 11) is 0. The number of hydrogen-bond acceptors (Lipinski definition) is 6. The minimum Gasteiger partial charge on any atom is -0.458 e. The molecule has 5 aliphatic rings. The van der Waals surface area contributed by atoms with E-state index in [1.54, 1.807) is 12.2 Å². The van der Waals surface area contributed by atoms with Gasteiger partial charge in [-0.05, 0) is 93.5 Å². The maximum absolute atomic E-state index is 13.2. The number of ether oxygens (including phenoxy) is 1. The molecule has 0 spiro atoms. The van der Waals surface area contributed by atoms with Crippen LogP contribution in [0.5, 0.6) is 0 Å². The van der Waals surface area contributed by atoms with Gasteiger partial charge in [0.1, 0.15) is 11.7 Å². The number of aliphatic hydroxyl groups excluding tert-OH is 2. The van der Waals surface area contributed by atoms with Gasteiger partial charge in [-0.15, -0.1) is 0 Å². The molecule has 0 unspecified atom stereocenters. The van der Waals surface area contributed by atoms with Gasteiger partial charge in [-0.25, -0.2) is 4.79 Å². The highest BCUT2D eigenvalue weighted by atomic mass is 16.5. The van der Waals surface area contributed by atoms with Crippen LogP contribution in [0.25, 0.3) is 0 Å². The number of cyclic esters (lactones) is 1. The van der Waals surface area contributed by atoms with Gasteiger partial charge >= 0.3 is 5.97 Å². The fraction of sp³-hybridized carbons (Fsp3) is 0.786. The molecule has 34 heavy (non-hydrogen) atoms. The van der Waals surface area contributed by atoms with Gasteiger partial charge in [0.25, 0.3) is 0 Å². The lowest BCUT2D eigenvalue weighted by atomic mass is 9.43. The zero-order valence-electron chi connectivity index (χ0n) is 20.9. The monoisotopic (exact) mass is 472 g/mol. The second-order valence-corrected chi connectivity index (χ2v) is 12.4. The first kappa shape index (κ1) is 24.2. The van der Waals surface area contributed by atoms with Gasteiger partial charge in [-0.1, -0.05) is 25.5 Å². The lowest BCUT2D eigenvalue weighted by molar-refractivity contribution is -0.232. The van der Waals surface area contributed by atoms with Gasteiger partial charge in [0.05, 0.1) is 23.7 Å². The predicted molar refractivity (Wildman–Crippen MR) is 126 cm³/mol. The molecule has 0 bridgehead atoms. The molecule has 0 aromatic rings. The number of ketones is 1. The standard InChI is InChI=1S/C28H40O6/c1-15-12-22(34-25(32)18(15)14-29)16(2)19-7-8-20-17-13-24(31)28(33)10-5-6-23(30)27(28,4)21(17)9-11-26(19,20)3/h5-6,16-17,19-22,24,29,31,33H,7-14H2,1-4H3/t16-,17-,19+,20-,21-,22+,24+,26+,27-,28-/m0/s1. The third-order valence-corrected chi connectivity index (χ3v) is 11.3. The molecule has 3 N–H and O–H groups in total. The Kier molecular flexibility index (Phi) is 5.70. The quantitative estimate of drug-likeness (QED) is 0.545. The van der Waals surface area contributed by atoms with E-state index in [0.717, 1.165) is 31.3 Å². The Morgan fingerprint density at radius 1 is 1.18 bits per heavy atom. The van der Waals surface area contributed by atoms with Gasteiger partial charge in [0.15, 0.2) is 5.78 Å². The summed E-state index contributed by atoms with van der Waals surface area (Å²) in [5.41, 5.74) is -0.977. The van der Waals surface area contributed by atoms with Crippen LogP contribution in [0.1, 0.15) is 72.6 Å². The van der Waals surface area contributed by atoms with E-state index in [1.165, 1.54) is 0 Å². The molecule has 6 heteroatoms. The van der Waals surface area contributed by atoms with E-state index in [0.29, 0.717) is 36.7 Å². The van der Waals surface area contributed by atoms with Crippen LogP contribution in [0.3, 0.4) is 0 Å². The van der Waals surface area contributed by atoms with Gasteiger partial charge in [-0.3, -0.25) is 4.79 Å². The Bertz CT molecular complexity index is 953. The van der Waals surface area contributed by atoms with Crippen molar-refractivity contribution in [3.63, 3.8) is 0 Å². The molecule has 0 aromatic heterocycles. The number of rotatable bonds is 3. The van der Waals surface area contributed by atoms with E-state index in [4.69, 9.17) is 4.74 Å². The van der Waals surface area contributed by atoms with Crippen LogP contribution in [0.2, 0.25) is 0 Å². The van der Waals surface area contributed by atoms with E-state index in [2.05, 4.69) is 13.8 Å². The fourth-order valence-corrected chi connectivity index (χ4v) is 9.22. The summed E-state index contributed by atoms with van der Waals surface area (Å²) in [6, 6.07) is 0. The number of carbonyl (C=O) groups excluding carboxylic acids is 2. The SMILES string of the molecule is CC1=C(CO)C(=O)O[C@@H]([C@@H](C)[C@H]2CC[C@H]3[C@@H]4C[C@@H](O)[C@@]5(O)CC=CC(=O)[C@]5(C)[C@H]4CC[C@]23C)C1. The summed E-state index contributed by atoms with van der Waals surface area (Å²) in [6.45, 7) is 8.10. The third-order valence-electron chi connectivity index (χ3n) is 11.3. The van der Waals surface area contributed by atoms with Crippen molar-refractivity contribution in [1.29, 1.82) is 0 Å². The largest absolute Gasteiger partial charge is 0.458 e. The van der Waals surface area contributed by atoms with Gasteiger partial charge in [-0.2, -0.15) is 0 Å². The molecule has 0 aromatic carbocycles. The van der Waals surface area contributed by atoms with E-state index < -0.39 is 23.1 Å². The maximum atomic E-state index is 13.2. The second-order valence-electron chi connectivity index (χ2n) is 12.4. The summed E-state index contributed by atoms with van der Waals surface area (Å²) in [6.07, 6.45) is 7.69. The summed E-state index contributed by atoms with van der Waals surface area (Å²) in [4.78, 5) is 25.6. The number of aliphatic hydroxyl groups is 3. The third kappa shape index (κ3) is 3.04. The lowest BCUT2D eigenvalue weighted by Crippen LogP contribution is -2.69. The van der Waals surface area contributed by atoms with Crippen molar-refractivity contribution in [1.82, 2.24) is 0 Å². The molecular weight excluding hydrogens is 432 g/mol. The van der Waals surface area contributed by atoms with Crippen molar-refractivity contribution in [3.8, 4) is 0 Å². The first-order valence-electron chi connectivity index (χ1n) is 13.1. The molecular formula is C28H40O6. The van der Waals surface area contributed by atoms with Crippen LogP contribution in [0.4, 0.5) is 0 Å². The van der Waals surface area contributed by atoms with E-state index in [9.17, 15) is 24.9 Å². The van der Waals surface area contributed by atoms with Crippen molar-refractivity contribution in [2.45, 2.75) is 90.4 Å². The number of esters is 1. The molecule has 1 heterocycles. The van der Waals surface area contributed by atoms with Crippen LogP contribution in [0, 0.1) is 40.4 Å². The fourth-order valence-electron chi connectivity index (χ4n) is 9.22. The van der Waals surface area contributed by atoms with Crippen molar-refractivity contribution >= 4 is 11.8 Å². The molecule has 1 aliphatic heterocycles. The normalized spacial score (nSPS) is 49.3. The minimum atomic E-state index is -1.39. The molecule has 4 aliphatic carbocycles. The molecule has 3 fully saturated rings. The zero-order chi connectivity index (χ0) is 24.6. The predicted octanol–water partition coefficient (Wildman–Crippen LogP) is 3.34. The van der Waals surface area contributed by atoms with Crippen LogP contribution in [-0.4, -0.2) is 51.5 Å². The molecule has 3 saturated carbocycles. The highest BCUT2D eigenvalue weighted by molar-refractivity contribution is 5.97. The number of hydrogen-bond donors (Lipinski definition) is 3. The van der Waals surface area contributed by atoms with Crippen molar-refractivity contribution < 1.29 is 29.6 Å². The summed E-state index contributed by atoms with van der Waals surface area (Å²) in [5, 5.41) is 32.2. The van der Waals surface area contributed by atoms with Crippen LogP contribution >= 0.6 is 0 Å². The maximum Gasteiger partial charge on any atom is 0.336 e. The Morgan fingerprint density at radius 2 is 1.91 bits per heavy atom. The highest BCUT2D eigenvalue weighted by Gasteiger charge is 2.69. The number of carbonyl (C=O) groups is 2. The Hall–Kier alpha value is -1.50. The molecule has 188 valence electrons. The van der Waals surface area contributed by atoms with Crippen molar-refractivity contribution in [3.05, 3.63) is 23.3 Å². The van der Waals surface area contributed by atoms with Crippen LogP contribution < -0.4 is 0 Å². The summed E-state index contributed by atoms with van der Waals surface area (Å²) in [5.74, 6) is 0.768. The molecule has 5 rings (SSSR count). The minimum absolute atomic E-state index is 0.0426. The first-order valence-corrected chi connectivity index (χ1v) is 13.1. The van der Waals surface area contributed by atoms with E-state index in [-0.39, 0.29) is 41.7 Å². The van der Waals surface area contributed by atoms with Crippen LogP contribution in [-0.2, 0) is 14.3 Å². The molecule has 0 amide bonds. The topological polar surface area (TPSA) is 104 Å². The molecule has 0 radical (unpaired) electrons. The van der Waals surface area contributed by atoms with E-state index in [1.807, 2.05) is 13.8 Å². The summed E-state index contributed by atoms with van der Waals surface area (Å²) >= 11 is 0. The molecule has 10 atom stereocenters. The van der Waals surface area contributed by atoms with Crippen molar-refractivity contribution in [2.24, 2.45) is 40.4 Å². The molecule has 6 nitrogen and oxygen atoms in total. The zero-order valence-corrected chi connectivity index (χ0v) is 20.9. The van der Waals surface area contributed by atoms with Gasteiger partial charge in [0.2, 0.25) is 0 Å². The number of allylic oxidation sites excluding steroid dienone is 1. The van der Waals surface area contributed by atoms with Crippen molar-refractivity contribution in [2.75, 3.05) is 6.61 Å². The smallest absolute Gasteiger partial charge is 0.336 e.